The molecule has 1 aromatic heterocycles. The van der Waals surface area contributed by atoms with E-state index in [1.54, 1.807) is 0 Å². The van der Waals surface area contributed by atoms with E-state index in [0.29, 0.717) is 12.8 Å². The third-order valence-electron chi connectivity index (χ3n) is 3.03. The van der Waals surface area contributed by atoms with Crippen LogP contribution in [0.1, 0.15) is 18.9 Å². The zero-order valence-electron chi connectivity index (χ0n) is 10.2. The van der Waals surface area contributed by atoms with Crippen molar-refractivity contribution in [3.63, 3.8) is 0 Å². The fraction of sp³-hybridized carbons (Fsp3) is 0.273. The van der Waals surface area contributed by atoms with E-state index in [-0.39, 0.29) is 16.3 Å². The summed E-state index contributed by atoms with van der Waals surface area (Å²) >= 11 is 2.98. The number of aromatic nitrogens is 3. The summed E-state index contributed by atoms with van der Waals surface area (Å²) in [6.07, 6.45) is 1.34. The van der Waals surface area contributed by atoms with Crippen molar-refractivity contribution in [3.8, 4) is 11.4 Å². The van der Waals surface area contributed by atoms with Gasteiger partial charge in [0.05, 0.1) is 5.56 Å². The van der Waals surface area contributed by atoms with Crippen molar-refractivity contribution in [1.29, 1.82) is 0 Å². The van der Waals surface area contributed by atoms with Crippen LogP contribution in [0.4, 0.5) is 8.78 Å². The Hall–Kier alpha value is -1.06. The van der Waals surface area contributed by atoms with Crippen LogP contribution in [0.3, 0.4) is 0 Å². The van der Waals surface area contributed by atoms with Gasteiger partial charge < -0.3 is 0 Å². The Bertz CT molecular complexity index is 813. The highest BCUT2D eigenvalue weighted by molar-refractivity contribution is 9.10. The molecular formula is C11H7BrClF2N3O2S. The molecule has 0 saturated heterocycles. The highest BCUT2D eigenvalue weighted by atomic mass is 79.9. The molecule has 0 spiro atoms. The van der Waals surface area contributed by atoms with E-state index in [1.807, 2.05) is 0 Å². The quantitative estimate of drug-likeness (QED) is 0.745. The zero-order chi connectivity index (χ0) is 15.4. The summed E-state index contributed by atoms with van der Waals surface area (Å²) in [5, 5.41) is 6.60. The topological polar surface area (TPSA) is 64.8 Å². The number of rotatable bonds is 3. The Morgan fingerprint density at radius 1 is 1.24 bits per heavy atom. The first-order valence-electron chi connectivity index (χ1n) is 5.83. The molecule has 1 aliphatic carbocycles. The lowest BCUT2D eigenvalue weighted by atomic mass is 10.2. The van der Waals surface area contributed by atoms with Crippen LogP contribution in [0, 0.1) is 11.6 Å². The molecule has 0 bridgehead atoms. The molecule has 1 aliphatic rings. The van der Waals surface area contributed by atoms with Crippen LogP contribution in [0.2, 0.25) is 0 Å². The average molecular weight is 399 g/mol. The van der Waals surface area contributed by atoms with Crippen LogP contribution in [0.25, 0.3) is 11.4 Å². The zero-order valence-corrected chi connectivity index (χ0v) is 13.4. The smallest absolute Gasteiger partial charge is 0.294 e. The maximum absolute atomic E-state index is 14.0. The van der Waals surface area contributed by atoms with Crippen LogP contribution >= 0.6 is 26.6 Å². The molecule has 1 saturated carbocycles. The molecule has 5 nitrogen and oxygen atoms in total. The van der Waals surface area contributed by atoms with Gasteiger partial charge in [-0.05, 0) is 25.0 Å². The number of halogens is 4. The van der Waals surface area contributed by atoms with Crippen LogP contribution in [0.5, 0.6) is 0 Å². The van der Waals surface area contributed by atoms with Crippen molar-refractivity contribution in [2.24, 2.45) is 0 Å². The molecule has 10 heteroatoms. The standard InChI is InChI=1S/C11H7BrClF2N3O2S/c12-5-3-7(14)9(8(15)4-5)10-16-17-11(21(13,19)20)18(10)6-1-2-6/h3-4,6H,1-2H2. The van der Waals surface area contributed by atoms with Gasteiger partial charge in [0.1, 0.15) is 11.6 Å². The molecule has 1 heterocycles. The minimum absolute atomic E-state index is 0.181. The Morgan fingerprint density at radius 2 is 1.81 bits per heavy atom. The summed E-state index contributed by atoms with van der Waals surface area (Å²) in [5.74, 6) is -1.91. The minimum atomic E-state index is -4.15. The molecule has 0 aliphatic heterocycles. The summed E-state index contributed by atoms with van der Waals surface area (Å²) in [7, 11) is 1.14. The van der Waals surface area contributed by atoms with E-state index in [0.717, 1.165) is 12.1 Å². The monoisotopic (exact) mass is 397 g/mol. The molecule has 0 atom stereocenters. The fourth-order valence-corrected chi connectivity index (χ4v) is 3.36. The number of benzene rings is 1. The van der Waals surface area contributed by atoms with Gasteiger partial charge in [0.15, 0.2) is 5.82 Å². The van der Waals surface area contributed by atoms with Gasteiger partial charge in [-0.1, -0.05) is 15.9 Å². The highest BCUT2D eigenvalue weighted by Crippen LogP contribution is 2.41. The lowest BCUT2D eigenvalue weighted by Gasteiger charge is -2.09. The van der Waals surface area contributed by atoms with Crippen LogP contribution < -0.4 is 0 Å². The first kappa shape index (κ1) is 14.9. The summed E-state index contributed by atoms with van der Waals surface area (Å²) in [4.78, 5) is 0. The molecule has 3 rings (SSSR count). The molecule has 0 amide bonds. The molecule has 2 aromatic rings. The summed E-state index contributed by atoms with van der Waals surface area (Å²) in [6, 6.07) is 1.92. The number of hydrogen-bond acceptors (Lipinski definition) is 4. The summed E-state index contributed by atoms with van der Waals surface area (Å²) < 4.78 is 52.5. The van der Waals surface area contributed by atoms with E-state index in [9.17, 15) is 17.2 Å². The molecular weight excluding hydrogens is 392 g/mol. The SMILES string of the molecule is O=S(=O)(Cl)c1nnc(-c2c(F)cc(Br)cc2F)n1C1CC1. The first-order valence-corrected chi connectivity index (χ1v) is 8.93. The van der Waals surface area contributed by atoms with Crippen LogP contribution in [-0.4, -0.2) is 23.2 Å². The number of hydrogen-bond donors (Lipinski definition) is 0. The average Bonchev–Trinajstić information content (AvgIpc) is 3.07. The van der Waals surface area contributed by atoms with Crippen LogP contribution in [0.15, 0.2) is 21.8 Å². The van der Waals surface area contributed by atoms with Crippen molar-refractivity contribution >= 4 is 35.7 Å². The Kier molecular flexibility index (Phi) is 3.53. The van der Waals surface area contributed by atoms with Crippen LogP contribution in [-0.2, 0) is 9.05 Å². The molecule has 1 aromatic carbocycles. The molecule has 21 heavy (non-hydrogen) atoms. The van der Waals surface area contributed by atoms with E-state index < -0.39 is 31.4 Å². The van der Waals surface area contributed by atoms with Crippen molar-refractivity contribution in [1.82, 2.24) is 14.8 Å². The Morgan fingerprint density at radius 3 is 2.29 bits per heavy atom. The van der Waals surface area contributed by atoms with Gasteiger partial charge in [0.2, 0.25) is 0 Å². The second-order valence-corrected chi connectivity index (χ2v) is 7.96. The molecule has 0 N–H and O–H groups in total. The van der Waals surface area contributed by atoms with Gasteiger partial charge in [-0.25, -0.2) is 17.2 Å². The van der Waals surface area contributed by atoms with Gasteiger partial charge in [0.25, 0.3) is 14.2 Å². The lowest BCUT2D eigenvalue weighted by molar-refractivity contribution is 0.568. The predicted octanol–water partition coefficient (Wildman–Crippen LogP) is 3.25. The molecule has 112 valence electrons. The Balaban J connectivity index is 2.28. The Labute approximate surface area is 131 Å². The highest BCUT2D eigenvalue weighted by Gasteiger charge is 2.35. The van der Waals surface area contributed by atoms with Gasteiger partial charge in [-0.15, -0.1) is 10.2 Å². The summed E-state index contributed by atoms with van der Waals surface area (Å²) in [6.45, 7) is 0. The third-order valence-corrected chi connectivity index (χ3v) is 4.61. The van der Waals surface area contributed by atoms with Crippen molar-refractivity contribution in [2.45, 2.75) is 24.0 Å². The maximum atomic E-state index is 14.0. The van der Waals surface area contributed by atoms with Crippen molar-refractivity contribution in [2.75, 3.05) is 0 Å². The molecule has 0 radical (unpaired) electrons. The van der Waals surface area contributed by atoms with Gasteiger partial charge >= 0.3 is 0 Å². The molecule has 1 fully saturated rings. The second kappa shape index (κ2) is 4.99. The largest absolute Gasteiger partial charge is 0.296 e. The van der Waals surface area contributed by atoms with E-state index in [1.165, 1.54) is 4.57 Å². The van der Waals surface area contributed by atoms with Gasteiger partial charge in [-0.2, -0.15) is 0 Å². The minimum Gasteiger partial charge on any atom is -0.294 e. The first-order chi connectivity index (χ1) is 9.79. The number of nitrogens with zero attached hydrogens (tertiary/aromatic N) is 3. The lowest BCUT2D eigenvalue weighted by Crippen LogP contribution is -2.07. The predicted molar refractivity (Wildman–Crippen MR) is 74.4 cm³/mol. The van der Waals surface area contributed by atoms with E-state index >= 15 is 0 Å². The van der Waals surface area contributed by atoms with E-state index in [2.05, 4.69) is 26.1 Å². The van der Waals surface area contributed by atoms with E-state index in [4.69, 9.17) is 10.7 Å². The fourth-order valence-electron chi connectivity index (χ4n) is 2.03. The van der Waals surface area contributed by atoms with Crippen molar-refractivity contribution < 1.29 is 17.2 Å². The maximum Gasteiger partial charge on any atom is 0.296 e. The van der Waals surface area contributed by atoms with Gasteiger partial charge in [-0.3, -0.25) is 4.57 Å². The second-order valence-electron chi connectivity index (χ2n) is 4.59. The van der Waals surface area contributed by atoms with Crippen molar-refractivity contribution in [3.05, 3.63) is 28.2 Å². The summed E-state index contributed by atoms with van der Waals surface area (Å²) in [5.41, 5.74) is -0.427. The van der Waals surface area contributed by atoms with Gasteiger partial charge in [0, 0.05) is 21.2 Å². The third kappa shape index (κ3) is 2.69. The molecule has 0 unspecified atom stereocenters. The normalized spacial score (nSPS) is 15.4.